The summed E-state index contributed by atoms with van der Waals surface area (Å²) in [6.07, 6.45) is 0. The van der Waals surface area contributed by atoms with Gasteiger partial charge in [-0.25, -0.2) is 0 Å². The molecule has 0 saturated carbocycles. The monoisotopic (exact) mass is 318 g/mol. The smallest absolute Gasteiger partial charge is 0.255 e. The number of thioether (sulfide) groups is 1. The van der Waals surface area contributed by atoms with Crippen LogP contribution in [0.2, 0.25) is 0 Å². The second-order valence-electron chi connectivity index (χ2n) is 5.92. The minimum atomic E-state index is 0.0963. The van der Waals surface area contributed by atoms with Gasteiger partial charge < -0.3 is 9.80 Å². The molecule has 1 aromatic rings. The molecule has 0 bridgehead atoms. The summed E-state index contributed by atoms with van der Waals surface area (Å²) in [6.45, 7) is 10.2. The summed E-state index contributed by atoms with van der Waals surface area (Å²) in [4.78, 5) is 25.9. The molecule has 5 nitrogen and oxygen atoms in total. The number of aromatic nitrogens is 1. The average Bonchev–Trinajstić information content (AvgIpc) is 2.93. The first-order valence-corrected chi connectivity index (χ1v) is 8.62. The Bertz CT molecular complexity index is 608. The highest BCUT2D eigenvalue weighted by molar-refractivity contribution is 8.14. The highest BCUT2D eigenvalue weighted by Crippen LogP contribution is 2.24. The molecule has 0 aliphatic carbocycles. The lowest BCUT2D eigenvalue weighted by molar-refractivity contribution is 0.0692. The first kappa shape index (κ1) is 15.3. The number of pyridine rings is 1. The van der Waals surface area contributed by atoms with E-state index in [1.54, 1.807) is 0 Å². The molecule has 3 heterocycles. The van der Waals surface area contributed by atoms with Crippen molar-refractivity contribution in [3.63, 3.8) is 0 Å². The van der Waals surface area contributed by atoms with Crippen LogP contribution in [0, 0.1) is 13.8 Å². The van der Waals surface area contributed by atoms with E-state index in [1.165, 1.54) is 0 Å². The molecule has 0 unspecified atom stereocenters. The van der Waals surface area contributed by atoms with Gasteiger partial charge in [-0.05, 0) is 26.0 Å². The number of hydrogen-bond donors (Lipinski definition) is 0. The number of carbonyl (C=O) groups excluding carboxylic acids is 1. The van der Waals surface area contributed by atoms with Gasteiger partial charge in [-0.3, -0.25) is 14.8 Å². The summed E-state index contributed by atoms with van der Waals surface area (Å²) >= 11 is 1.84. The summed E-state index contributed by atoms with van der Waals surface area (Å²) in [5.74, 6) is 0.0963. The van der Waals surface area contributed by atoms with Crippen LogP contribution >= 0.6 is 11.8 Å². The Kier molecular flexibility index (Phi) is 4.38. The Morgan fingerprint density at radius 1 is 1.23 bits per heavy atom. The van der Waals surface area contributed by atoms with Crippen LogP contribution in [0.15, 0.2) is 17.1 Å². The van der Waals surface area contributed by atoms with Gasteiger partial charge in [-0.15, -0.1) is 0 Å². The van der Waals surface area contributed by atoms with E-state index < -0.39 is 0 Å². The first-order chi connectivity index (χ1) is 10.5. The number of rotatable bonds is 1. The SMILES string of the molecule is Cc1ccc(C(=O)N2CCN(C3=NC[C@H](C)S3)CC2)c(C)n1. The molecule has 22 heavy (non-hydrogen) atoms. The lowest BCUT2D eigenvalue weighted by atomic mass is 10.1. The van der Waals surface area contributed by atoms with E-state index in [2.05, 4.69) is 21.8 Å². The van der Waals surface area contributed by atoms with Crippen molar-refractivity contribution in [2.24, 2.45) is 4.99 Å². The van der Waals surface area contributed by atoms with E-state index in [4.69, 9.17) is 0 Å². The normalized spacial score (nSPS) is 22.0. The predicted octanol–water partition coefficient (Wildman–Crippen LogP) is 1.95. The van der Waals surface area contributed by atoms with Crippen molar-refractivity contribution in [1.82, 2.24) is 14.8 Å². The van der Waals surface area contributed by atoms with Gasteiger partial charge in [0.05, 0.1) is 17.8 Å². The topological polar surface area (TPSA) is 48.8 Å². The fraction of sp³-hybridized carbons (Fsp3) is 0.562. The highest BCUT2D eigenvalue weighted by atomic mass is 32.2. The Labute approximate surface area is 135 Å². The maximum atomic E-state index is 12.6. The molecule has 118 valence electrons. The summed E-state index contributed by atoms with van der Waals surface area (Å²) in [5, 5.41) is 1.73. The minimum Gasteiger partial charge on any atom is -0.348 e. The molecule has 1 amide bonds. The number of aryl methyl sites for hydroxylation is 2. The second kappa shape index (κ2) is 6.28. The molecule has 1 fully saturated rings. The number of piperazine rings is 1. The van der Waals surface area contributed by atoms with E-state index in [9.17, 15) is 4.79 Å². The third kappa shape index (κ3) is 3.11. The average molecular weight is 318 g/mol. The van der Waals surface area contributed by atoms with Gasteiger partial charge in [0.1, 0.15) is 0 Å². The molecule has 0 radical (unpaired) electrons. The molecule has 3 rings (SSSR count). The van der Waals surface area contributed by atoms with Gasteiger partial charge in [0.25, 0.3) is 5.91 Å². The van der Waals surface area contributed by atoms with Crippen LogP contribution in [0.3, 0.4) is 0 Å². The second-order valence-corrected chi connectivity index (χ2v) is 7.32. The number of carbonyl (C=O) groups is 1. The Morgan fingerprint density at radius 2 is 1.95 bits per heavy atom. The standard InChI is InChI=1S/C16H22N4OS/c1-11-4-5-14(13(3)18-11)15(21)19-6-8-20(9-7-19)16-17-10-12(2)22-16/h4-5,12H,6-10H2,1-3H3/t12-/m0/s1. The van der Waals surface area contributed by atoms with Crippen LogP contribution in [-0.4, -0.2) is 63.8 Å². The molecule has 0 aromatic carbocycles. The number of amidine groups is 1. The van der Waals surface area contributed by atoms with Crippen molar-refractivity contribution >= 4 is 22.8 Å². The zero-order chi connectivity index (χ0) is 15.7. The lowest BCUT2D eigenvalue weighted by Gasteiger charge is -2.35. The largest absolute Gasteiger partial charge is 0.348 e. The van der Waals surface area contributed by atoms with Crippen LogP contribution in [0.5, 0.6) is 0 Å². The van der Waals surface area contributed by atoms with Gasteiger partial charge in [0.2, 0.25) is 0 Å². The minimum absolute atomic E-state index is 0.0963. The quantitative estimate of drug-likeness (QED) is 0.794. The number of aliphatic imine (C=N–C) groups is 1. The van der Waals surface area contributed by atoms with Crippen molar-refractivity contribution in [1.29, 1.82) is 0 Å². The lowest BCUT2D eigenvalue weighted by Crippen LogP contribution is -2.50. The third-order valence-corrected chi connectivity index (χ3v) is 5.23. The Morgan fingerprint density at radius 3 is 2.55 bits per heavy atom. The molecule has 6 heteroatoms. The van der Waals surface area contributed by atoms with E-state index in [1.807, 2.05) is 42.6 Å². The maximum Gasteiger partial charge on any atom is 0.255 e. The zero-order valence-corrected chi connectivity index (χ0v) is 14.2. The van der Waals surface area contributed by atoms with Crippen molar-refractivity contribution in [3.05, 3.63) is 29.1 Å². The number of amides is 1. The summed E-state index contributed by atoms with van der Waals surface area (Å²) in [7, 11) is 0. The maximum absolute atomic E-state index is 12.6. The molecular weight excluding hydrogens is 296 g/mol. The van der Waals surface area contributed by atoms with E-state index in [0.717, 1.165) is 54.8 Å². The van der Waals surface area contributed by atoms with Crippen LogP contribution in [0.4, 0.5) is 0 Å². The molecule has 1 aromatic heterocycles. The van der Waals surface area contributed by atoms with Crippen LogP contribution in [0.25, 0.3) is 0 Å². The van der Waals surface area contributed by atoms with Gasteiger partial charge in [-0.1, -0.05) is 18.7 Å². The molecule has 2 aliphatic rings. The van der Waals surface area contributed by atoms with Gasteiger partial charge in [-0.2, -0.15) is 0 Å². The summed E-state index contributed by atoms with van der Waals surface area (Å²) in [5.41, 5.74) is 2.49. The van der Waals surface area contributed by atoms with E-state index >= 15 is 0 Å². The van der Waals surface area contributed by atoms with Crippen molar-refractivity contribution in [2.75, 3.05) is 32.7 Å². The summed E-state index contributed by atoms with van der Waals surface area (Å²) < 4.78 is 0. The number of nitrogens with zero attached hydrogens (tertiary/aromatic N) is 4. The highest BCUT2D eigenvalue weighted by Gasteiger charge is 2.27. The molecular formula is C16H22N4OS. The Hall–Kier alpha value is -1.56. The van der Waals surface area contributed by atoms with Crippen molar-refractivity contribution in [2.45, 2.75) is 26.0 Å². The van der Waals surface area contributed by atoms with Crippen LogP contribution < -0.4 is 0 Å². The predicted molar refractivity (Wildman–Crippen MR) is 90.5 cm³/mol. The van der Waals surface area contributed by atoms with E-state index in [0.29, 0.717) is 5.25 Å². The fourth-order valence-electron chi connectivity index (χ4n) is 2.82. The third-order valence-electron chi connectivity index (χ3n) is 4.08. The van der Waals surface area contributed by atoms with Gasteiger partial charge in [0.15, 0.2) is 5.17 Å². The molecule has 0 N–H and O–H groups in total. The fourth-order valence-corrected chi connectivity index (χ4v) is 3.81. The van der Waals surface area contributed by atoms with Crippen molar-refractivity contribution < 1.29 is 4.79 Å². The first-order valence-electron chi connectivity index (χ1n) is 7.74. The number of hydrogen-bond acceptors (Lipinski definition) is 5. The Balaban J connectivity index is 1.62. The molecule has 0 spiro atoms. The molecule has 2 aliphatic heterocycles. The summed E-state index contributed by atoms with van der Waals surface area (Å²) in [6, 6.07) is 3.80. The van der Waals surface area contributed by atoms with Gasteiger partial charge in [0, 0.05) is 37.1 Å². The van der Waals surface area contributed by atoms with E-state index in [-0.39, 0.29) is 5.91 Å². The van der Waals surface area contributed by atoms with Crippen molar-refractivity contribution in [3.8, 4) is 0 Å². The van der Waals surface area contributed by atoms with Crippen LogP contribution in [0.1, 0.15) is 28.7 Å². The van der Waals surface area contributed by atoms with Crippen LogP contribution in [-0.2, 0) is 0 Å². The zero-order valence-electron chi connectivity index (χ0n) is 13.4. The molecule has 1 saturated heterocycles. The molecule has 1 atom stereocenters. The van der Waals surface area contributed by atoms with Gasteiger partial charge >= 0.3 is 0 Å².